The Labute approximate surface area is 156 Å². The molecule has 0 radical (unpaired) electrons. The lowest BCUT2D eigenvalue weighted by atomic mass is 10.0. The summed E-state index contributed by atoms with van der Waals surface area (Å²) in [6, 6.07) is 7.81. The van der Waals surface area contributed by atoms with Gasteiger partial charge in [-0.05, 0) is 44.7 Å². The number of nitrogens with one attached hydrogen (secondary N) is 2. The summed E-state index contributed by atoms with van der Waals surface area (Å²) in [5.74, 6) is 1.01. The molecule has 0 aromatic heterocycles. The van der Waals surface area contributed by atoms with E-state index < -0.39 is 0 Å². The lowest BCUT2D eigenvalue weighted by Crippen LogP contribution is -2.49. The van der Waals surface area contributed by atoms with E-state index in [0.29, 0.717) is 6.04 Å². The minimum Gasteiger partial charge on any atom is -0.354 e. The number of halogens is 1. The first-order chi connectivity index (χ1) is 12.6. The van der Waals surface area contributed by atoms with Crippen molar-refractivity contribution in [3.05, 3.63) is 47.8 Å². The van der Waals surface area contributed by atoms with Crippen molar-refractivity contribution in [3.8, 4) is 0 Å². The minimum atomic E-state index is -0.103. The van der Waals surface area contributed by atoms with Gasteiger partial charge in [0.05, 0.1) is 0 Å². The fourth-order valence-corrected chi connectivity index (χ4v) is 3.75. The van der Waals surface area contributed by atoms with Crippen molar-refractivity contribution in [2.45, 2.75) is 51.1 Å². The lowest BCUT2D eigenvalue weighted by molar-refractivity contribution is 0.221. The summed E-state index contributed by atoms with van der Waals surface area (Å²) < 4.78 is 14.0. The van der Waals surface area contributed by atoms with Crippen molar-refractivity contribution >= 4 is 5.96 Å². The highest BCUT2D eigenvalue weighted by Gasteiger charge is 2.40. The maximum absolute atomic E-state index is 14.0. The predicted octanol–water partition coefficient (Wildman–Crippen LogP) is 3.28. The van der Waals surface area contributed by atoms with Crippen molar-refractivity contribution < 1.29 is 4.39 Å². The Morgan fingerprint density at radius 3 is 2.65 bits per heavy atom. The van der Waals surface area contributed by atoms with Gasteiger partial charge in [0.2, 0.25) is 0 Å². The summed E-state index contributed by atoms with van der Waals surface area (Å²) in [7, 11) is 0. The van der Waals surface area contributed by atoms with Crippen molar-refractivity contribution in [2.75, 3.05) is 26.2 Å². The zero-order chi connectivity index (χ0) is 18.5. The summed E-state index contributed by atoms with van der Waals surface area (Å²) >= 11 is 0. The van der Waals surface area contributed by atoms with E-state index in [2.05, 4.69) is 34.0 Å². The largest absolute Gasteiger partial charge is 0.354 e. The highest BCUT2D eigenvalue weighted by Crippen LogP contribution is 2.41. The molecule has 142 valence electrons. The predicted molar refractivity (Wildman–Crippen MR) is 106 cm³/mol. The molecule has 1 aromatic rings. The molecule has 1 saturated carbocycles. The third-order valence-electron chi connectivity index (χ3n) is 5.16. The fourth-order valence-electron chi connectivity index (χ4n) is 3.75. The van der Waals surface area contributed by atoms with E-state index in [1.165, 1.54) is 5.57 Å². The summed E-state index contributed by atoms with van der Waals surface area (Å²) in [5.41, 5.74) is 2.04. The normalized spacial score (nSPS) is 24.3. The molecule has 0 bridgehead atoms. The van der Waals surface area contributed by atoms with Crippen LogP contribution in [-0.4, -0.2) is 49.1 Å². The topological polar surface area (TPSA) is 39.7 Å². The van der Waals surface area contributed by atoms with Crippen LogP contribution in [0.25, 0.3) is 0 Å². The summed E-state index contributed by atoms with van der Waals surface area (Å²) in [6.45, 7) is 12.0. The molecule has 1 aromatic carbocycles. The Bertz CT molecular complexity index is 649. The van der Waals surface area contributed by atoms with Crippen LogP contribution in [0.2, 0.25) is 0 Å². The molecule has 5 heteroatoms. The first kappa shape index (κ1) is 18.9. The third-order valence-corrected chi connectivity index (χ3v) is 5.16. The molecule has 2 N–H and O–H groups in total. The van der Waals surface area contributed by atoms with Crippen LogP contribution < -0.4 is 10.6 Å². The molecule has 1 saturated heterocycles. The second-order valence-corrected chi connectivity index (χ2v) is 7.59. The summed E-state index contributed by atoms with van der Waals surface area (Å²) in [4.78, 5) is 7.05. The first-order valence-electron chi connectivity index (χ1n) is 9.75. The van der Waals surface area contributed by atoms with Crippen LogP contribution in [-0.2, 0) is 0 Å². The molecule has 1 aliphatic carbocycles. The Hall–Kier alpha value is -1.88. The molecule has 4 nitrogen and oxygen atoms in total. The number of rotatable bonds is 6. The quantitative estimate of drug-likeness (QED) is 0.466. The Kier molecular flexibility index (Phi) is 6.30. The molecule has 2 aliphatic rings. The molecule has 1 heterocycles. The number of nitrogens with zero attached hydrogens (tertiary/aromatic N) is 2. The van der Waals surface area contributed by atoms with E-state index in [1.54, 1.807) is 12.1 Å². The number of piperidine rings is 1. The zero-order valence-corrected chi connectivity index (χ0v) is 16.0. The molecule has 2 unspecified atom stereocenters. The number of hydrogen-bond acceptors (Lipinski definition) is 2. The van der Waals surface area contributed by atoms with Gasteiger partial charge in [0.15, 0.2) is 5.96 Å². The van der Waals surface area contributed by atoms with E-state index in [1.807, 2.05) is 19.1 Å². The molecule has 2 fully saturated rings. The summed E-state index contributed by atoms with van der Waals surface area (Å²) in [6.07, 6.45) is 3.18. The first-order valence-corrected chi connectivity index (χ1v) is 9.75. The van der Waals surface area contributed by atoms with E-state index in [9.17, 15) is 4.39 Å². The van der Waals surface area contributed by atoms with E-state index >= 15 is 0 Å². The van der Waals surface area contributed by atoms with Gasteiger partial charge >= 0.3 is 0 Å². The average Bonchev–Trinajstić information content (AvgIpc) is 3.35. The highest BCUT2D eigenvalue weighted by atomic mass is 19.1. The molecule has 0 spiro atoms. The molecule has 1 aliphatic heterocycles. The maximum Gasteiger partial charge on any atom is 0.191 e. The minimum absolute atomic E-state index is 0.103. The SMILES string of the molecule is C=C(C)CN1CCC(NC(=NCC)NC2CC2c2ccccc2F)CC1. The average molecular weight is 359 g/mol. The second-order valence-electron chi connectivity index (χ2n) is 7.59. The monoisotopic (exact) mass is 358 g/mol. The van der Waals surface area contributed by atoms with Crippen LogP contribution in [0, 0.1) is 5.82 Å². The van der Waals surface area contributed by atoms with Crippen LogP contribution in [0.15, 0.2) is 41.4 Å². The third kappa shape index (κ3) is 5.07. The standard InChI is InChI=1S/C21H31FN4/c1-4-23-21(24-16-9-11-26(12-10-16)14-15(2)3)25-20-13-18(20)17-7-5-6-8-19(17)22/h5-8,16,18,20H,2,4,9-14H2,1,3H3,(H2,23,24,25). The molecular weight excluding hydrogens is 327 g/mol. The smallest absolute Gasteiger partial charge is 0.191 e. The van der Waals surface area contributed by atoms with Gasteiger partial charge in [0.1, 0.15) is 5.82 Å². The Morgan fingerprint density at radius 1 is 1.27 bits per heavy atom. The fraction of sp³-hybridized carbons (Fsp3) is 0.571. The number of likely N-dealkylation sites (tertiary alicyclic amines) is 1. The van der Waals surface area contributed by atoms with Gasteiger partial charge in [-0.3, -0.25) is 9.89 Å². The highest BCUT2D eigenvalue weighted by molar-refractivity contribution is 5.81. The zero-order valence-electron chi connectivity index (χ0n) is 16.0. The molecular formula is C21H31FN4. The Morgan fingerprint density at radius 2 is 2.00 bits per heavy atom. The molecule has 0 amide bonds. The summed E-state index contributed by atoms with van der Waals surface area (Å²) in [5, 5.41) is 7.09. The van der Waals surface area contributed by atoms with Gasteiger partial charge in [-0.25, -0.2) is 4.39 Å². The van der Waals surface area contributed by atoms with Gasteiger partial charge < -0.3 is 10.6 Å². The number of hydrogen-bond donors (Lipinski definition) is 2. The maximum atomic E-state index is 14.0. The van der Waals surface area contributed by atoms with Crippen LogP contribution in [0.4, 0.5) is 4.39 Å². The van der Waals surface area contributed by atoms with Crippen LogP contribution in [0.3, 0.4) is 0 Å². The van der Waals surface area contributed by atoms with Crippen molar-refractivity contribution in [2.24, 2.45) is 4.99 Å². The van der Waals surface area contributed by atoms with E-state index in [4.69, 9.17) is 0 Å². The Balaban J connectivity index is 1.49. The number of benzene rings is 1. The van der Waals surface area contributed by atoms with Crippen molar-refractivity contribution in [1.29, 1.82) is 0 Å². The molecule has 2 atom stereocenters. The number of guanidine groups is 1. The van der Waals surface area contributed by atoms with Crippen LogP contribution >= 0.6 is 0 Å². The van der Waals surface area contributed by atoms with Crippen LogP contribution in [0.5, 0.6) is 0 Å². The van der Waals surface area contributed by atoms with Gasteiger partial charge in [0, 0.05) is 44.2 Å². The number of aliphatic imine (C=N–C) groups is 1. The lowest BCUT2D eigenvalue weighted by Gasteiger charge is -2.33. The van der Waals surface area contributed by atoms with Gasteiger partial charge in [-0.2, -0.15) is 0 Å². The molecule has 26 heavy (non-hydrogen) atoms. The van der Waals surface area contributed by atoms with Gasteiger partial charge in [-0.15, -0.1) is 0 Å². The van der Waals surface area contributed by atoms with E-state index in [0.717, 1.165) is 57.0 Å². The van der Waals surface area contributed by atoms with Crippen molar-refractivity contribution in [1.82, 2.24) is 15.5 Å². The second kappa shape index (κ2) is 8.67. The van der Waals surface area contributed by atoms with Crippen molar-refractivity contribution in [3.63, 3.8) is 0 Å². The molecule has 3 rings (SSSR count). The van der Waals surface area contributed by atoms with Gasteiger partial charge in [0.25, 0.3) is 0 Å². The van der Waals surface area contributed by atoms with E-state index in [-0.39, 0.29) is 17.8 Å². The van der Waals surface area contributed by atoms with Crippen LogP contribution in [0.1, 0.15) is 44.6 Å². The van der Waals surface area contributed by atoms with Gasteiger partial charge in [-0.1, -0.05) is 30.4 Å².